The summed E-state index contributed by atoms with van der Waals surface area (Å²) >= 11 is 6.20. The highest BCUT2D eigenvalue weighted by molar-refractivity contribution is 6.32. The predicted octanol–water partition coefficient (Wildman–Crippen LogP) is 7.45. The molecule has 0 radical (unpaired) electrons. The average molecular weight is 534 g/mol. The van der Waals surface area contributed by atoms with E-state index in [1.54, 1.807) is 30.3 Å². The fourth-order valence-electron chi connectivity index (χ4n) is 4.23. The first kappa shape index (κ1) is 28.5. The molecule has 0 saturated carbocycles. The molecule has 198 valence electrons. The summed E-state index contributed by atoms with van der Waals surface area (Å²) in [5.74, 6) is -0.187. The number of ether oxygens (including phenoxy) is 1. The molecule has 0 saturated heterocycles. The smallest absolute Gasteiger partial charge is 0.417 e. The molecule has 37 heavy (non-hydrogen) atoms. The third kappa shape index (κ3) is 8.79. The van der Waals surface area contributed by atoms with Gasteiger partial charge in [-0.05, 0) is 54.2 Å². The van der Waals surface area contributed by atoms with Crippen LogP contribution in [-0.4, -0.2) is 35.2 Å². The molecule has 0 aliphatic rings. The van der Waals surface area contributed by atoms with Gasteiger partial charge in [-0.3, -0.25) is 9.69 Å². The molecule has 0 fully saturated rings. The fraction of sp³-hybridized carbons (Fsp3) is 0.345. The molecule has 2 atom stereocenters. The molecule has 1 unspecified atom stereocenters. The monoisotopic (exact) mass is 533 g/mol. The van der Waals surface area contributed by atoms with Crippen molar-refractivity contribution in [2.45, 2.75) is 51.4 Å². The van der Waals surface area contributed by atoms with Crippen LogP contribution in [0.3, 0.4) is 0 Å². The molecule has 0 heterocycles. The van der Waals surface area contributed by atoms with Crippen LogP contribution in [0, 0.1) is 0 Å². The lowest BCUT2D eigenvalue weighted by atomic mass is 10.00. The molecule has 0 spiro atoms. The summed E-state index contributed by atoms with van der Waals surface area (Å²) in [6, 6.07) is 20.9. The van der Waals surface area contributed by atoms with Crippen molar-refractivity contribution in [3.63, 3.8) is 0 Å². The Labute approximate surface area is 220 Å². The van der Waals surface area contributed by atoms with Crippen LogP contribution in [0.15, 0.2) is 72.8 Å². The molecule has 0 aromatic heterocycles. The van der Waals surface area contributed by atoms with Crippen molar-refractivity contribution in [3.8, 4) is 5.75 Å². The molecular formula is C29H31ClF3NO3. The quantitative estimate of drug-likeness (QED) is 0.263. The van der Waals surface area contributed by atoms with Gasteiger partial charge in [-0.25, -0.2) is 0 Å². The lowest BCUT2D eigenvalue weighted by Gasteiger charge is -2.28. The standard InChI is InChI=1S/C29H31ClF3NO3/c1-20(23-9-4-3-5-10-23)18-34(19-24-11-7-13-26(28(24)30)29(31,32)33)15-14-21(2)37-25-12-6-8-22(16-25)17-27(35)36/h3-13,16,20-21H,14-15,17-19H2,1-2H3,(H,35,36)/t20?,21-/m1/s1. The summed E-state index contributed by atoms with van der Waals surface area (Å²) in [5, 5.41) is 8.75. The lowest BCUT2D eigenvalue weighted by molar-refractivity contribution is -0.138. The van der Waals surface area contributed by atoms with Crippen molar-refractivity contribution in [1.82, 2.24) is 4.90 Å². The van der Waals surface area contributed by atoms with E-state index in [-0.39, 0.29) is 30.0 Å². The molecule has 3 rings (SSSR count). The third-order valence-electron chi connectivity index (χ3n) is 6.12. The fourth-order valence-corrected chi connectivity index (χ4v) is 4.52. The van der Waals surface area contributed by atoms with Crippen molar-refractivity contribution < 1.29 is 27.8 Å². The Balaban J connectivity index is 1.73. The normalized spacial score (nSPS) is 13.4. The highest BCUT2D eigenvalue weighted by Crippen LogP contribution is 2.36. The van der Waals surface area contributed by atoms with Crippen LogP contribution >= 0.6 is 11.6 Å². The number of aliphatic carboxylic acids is 1. The average Bonchev–Trinajstić information content (AvgIpc) is 2.83. The zero-order valence-corrected chi connectivity index (χ0v) is 21.6. The van der Waals surface area contributed by atoms with E-state index in [1.807, 2.05) is 37.3 Å². The van der Waals surface area contributed by atoms with Crippen LogP contribution in [0.1, 0.15) is 48.4 Å². The minimum absolute atomic E-state index is 0.0888. The molecule has 0 aliphatic carbocycles. The largest absolute Gasteiger partial charge is 0.491 e. The van der Waals surface area contributed by atoms with E-state index in [9.17, 15) is 18.0 Å². The Morgan fingerprint density at radius 2 is 1.73 bits per heavy atom. The van der Waals surface area contributed by atoms with Crippen LogP contribution in [0.5, 0.6) is 5.75 Å². The zero-order valence-electron chi connectivity index (χ0n) is 20.8. The lowest BCUT2D eigenvalue weighted by Crippen LogP contribution is -2.31. The van der Waals surface area contributed by atoms with Gasteiger partial charge >= 0.3 is 12.1 Å². The Kier molecular flexibility index (Phi) is 10.0. The van der Waals surface area contributed by atoms with Gasteiger partial charge in [0.25, 0.3) is 0 Å². The SMILES string of the molecule is CC(CN(CC[C@@H](C)Oc1cccc(CC(=O)O)c1)Cc1cccc(C(F)(F)F)c1Cl)c1ccccc1. The Morgan fingerprint density at radius 1 is 1.03 bits per heavy atom. The Hall–Kier alpha value is -3.03. The number of hydrogen-bond donors (Lipinski definition) is 1. The highest BCUT2D eigenvalue weighted by atomic mass is 35.5. The maximum Gasteiger partial charge on any atom is 0.417 e. The molecule has 3 aromatic rings. The molecule has 3 aromatic carbocycles. The van der Waals surface area contributed by atoms with Crippen LogP contribution in [-0.2, 0) is 23.9 Å². The number of carboxylic acids is 1. The Morgan fingerprint density at radius 3 is 2.41 bits per heavy atom. The topological polar surface area (TPSA) is 49.8 Å². The first-order chi connectivity index (χ1) is 17.5. The zero-order chi connectivity index (χ0) is 27.0. The maximum absolute atomic E-state index is 13.4. The van der Waals surface area contributed by atoms with Gasteiger partial charge in [0.05, 0.1) is 23.1 Å². The van der Waals surface area contributed by atoms with Crippen LogP contribution in [0.2, 0.25) is 5.02 Å². The molecular weight excluding hydrogens is 503 g/mol. The second-order valence-corrected chi connectivity index (χ2v) is 9.64. The number of alkyl halides is 3. The van der Waals surface area contributed by atoms with Gasteiger partial charge in [0.2, 0.25) is 0 Å². The van der Waals surface area contributed by atoms with E-state index in [2.05, 4.69) is 11.8 Å². The van der Waals surface area contributed by atoms with Crippen LogP contribution in [0.4, 0.5) is 13.2 Å². The number of halogens is 4. The van der Waals surface area contributed by atoms with Crippen molar-refractivity contribution >= 4 is 17.6 Å². The molecule has 0 bridgehead atoms. The van der Waals surface area contributed by atoms with Crippen molar-refractivity contribution in [3.05, 3.63) is 100 Å². The van der Waals surface area contributed by atoms with Gasteiger partial charge < -0.3 is 9.84 Å². The minimum atomic E-state index is -4.52. The van der Waals surface area contributed by atoms with Gasteiger partial charge in [-0.1, -0.05) is 73.1 Å². The summed E-state index contributed by atoms with van der Waals surface area (Å²) in [7, 11) is 0. The van der Waals surface area contributed by atoms with Crippen molar-refractivity contribution in [2.75, 3.05) is 13.1 Å². The summed E-state index contributed by atoms with van der Waals surface area (Å²) in [6.07, 6.45) is -4.20. The maximum atomic E-state index is 13.4. The first-order valence-electron chi connectivity index (χ1n) is 12.1. The predicted molar refractivity (Wildman–Crippen MR) is 139 cm³/mol. The van der Waals surface area contributed by atoms with Crippen LogP contribution < -0.4 is 4.74 Å². The van der Waals surface area contributed by atoms with Gasteiger partial charge in [0.15, 0.2) is 0 Å². The van der Waals surface area contributed by atoms with E-state index in [0.717, 1.165) is 11.6 Å². The summed E-state index contributed by atoms with van der Waals surface area (Å²) in [5.41, 5.74) is 1.38. The number of carbonyl (C=O) groups is 1. The first-order valence-corrected chi connectivity index (χ1v) is 12.5. The van der Waals surface area contributed by atoms with E-state index in [1.165, 1.54) is 6.07 Å². The number of rotatable bonds is 12. The second kappa shape index (κ2) is 13.0. The van der Waals surface area contributed by atoms with Crippen LogP contribution in [0.25, 0.3) is 0 Å². The van der Waals surface area contributed by atoms with Gasteiger partial charge in [-0.2, -0.15) is 13.2 Å². The van der Waals surface area contributed by atoms with Gasteiger partial charge in [-0.15, -0.1) is 0 Å². The van der Waals surface area contributed by atoms with E-state index >= 15 is 0 Å². The summed E-state index contributed by atoms with van der Waals surface area (Å²) < 4.78 is 46.2. The van der Waals surface area contributed by atoms with Crippen molar-refractivity contribution in [1.29, 1.82) is 0 Å². The van der Waals surface area contributed by atoms with E-state index < -0.39 is 17.7 Å². The van der Waals surface area contributed by atoms with E-state index in [0.29, 0.717) is 36.4 Å². The Bertz CT molecular complexity index is 1170. The third-order valence-corrected chi connectivity index (χ3v) is 6.57. The second-order valence-electron chi connectivity index (χ2n) is 9.26. The molecule has 0 amide bonds. The number of benzene rings is 3. The summed E-state index contributed by atoms with van der Waals surface area (Å²) in [6.45, 7) is 5.46. The highest BCUT2D eigenvalue weighted by Gasteiger charge is 2.34. The minimum Gasteiger partial charge on any atom is -0.491 e. The molecule has 4 nitrogen and oxygen atoms in total. The number of carboxylic acid groups (broad SMARTS) is 1. The van der Waals surface area contributed by atoms with E-state index in [4.69, 9.17) is 21.4 Å². The van der Waals surface area contributed by atoms with Gasteiger partial charge in [0, 0.05) is 19.6 Å². The molecule has 0 aliphatic heterocycles. The molecule has 1 N–H and O–H groups in total. The number of hydrogen-bond acceptors (Lipinski definition) is 3. The van der Waals surface area contributed by atoms with Gasteiger partial charge in [0.1, 0.15) is 5.75 Å². The molecule has 8 heteroatoms. The number of nitrogens with zero attached hydrogens (tertiary/aromatic N) is 1. The van der Waals surface area contributed by atoms with Crippen molar-refractivity contribution in [2.24, 2.45) is 0 Å². The summed E-state index contributed by atoms with van der Waals surface area (Å²) in [4.78, 5) is 13.1.